The zero-order valence-electron chi connectivity index (χ0n) is 11.0. The summed E-state index contributed by atoms with van der Waals surface area (Å²) in [5.74, 6) is -1.91. The highest BCUT2D eigenvalue weighted by Gasteiger charge is 2.39. The van der Waals surface area contributed by atoms with Gasteiger partial charge in [0.05, 0.1) is 6.42 Å². The summed E-state index contributed by atoms with van der Waals surface area (Å²) in [5.41, 5.74) is -0.385. The lowest BCUT2D eigenvalue weighted by atomic mass is 9.66. The molecule has 0 radical (unpaired) electrons. The van der Waals surface area contributed by atoms with Crippen molar-refractivity contribution < 1.29 is 24.3 Å². The lowest BCUT2D eigenvalue weighted by Gasteiger charge is -2.41. The Labute approximate surface area is 115 Å². The van der Waals surface area contributed by atoms with E-state index in [1.54, 1.807) is 0 Å². The van der Waals surface area contributed by atoms with Crippen LogP contribution in [0.25, 0.3) is 0 Å². The highest BCUT2D eigenvalue weighted by molar-refractivity contribution is 6.02. The Bertz CT molecular complexity index is 442. The number of urea groups is 1. The molecule has 20 heavy (non-hydrogen) atoms. The molecule has 0 unspecified atom stereocenters. The number of nitrogens with one attached hydrogen (secondary N) is 2. The number of amides is 4. The Balaban J connectivity index is 1.86. The van der Waals surface area contributed by atoms with Crippen molar-refractivity contribution in [2.24, 2.45) is 5.41 Å². The van der Waals surface area contributed by atoms with Crippen molar-refractivity contribution in [2.75, 3.05) is 19.6 Å². The van der Waals surface area contributed by atoms with Crippen molar-refractivity contribution in [3.8, 4) is 0 Å². The number of nitrogens with zero attached hydrogens (tertiary/aromatic N) is 1. The van der Waals surface area contributed by atoms with Crippen LogP contribution in [0, 0.1) is 5.41 Å². The van der Waals surface area contributed by atoms with Gasteiger partial charge in [0, 0.05) is 6.54 Å². The summed E-state index contributed by atoms with van der Waals surface area (Å²) in [4.78, 5) is 46.2. The van der Waals surface area contributed by atoms with Crippen LogP contribution in [0.4, 0.5) is 4.79 Å². The van der Waals surface area contributed by atoms with Gasteiger partial charge in [0.2, 0.25) is 11.8 Å². The molecule has 2 aliphatic rings. The molecule has 0 bridgehead atoms. The van der Waals surface area contributed by atoms with Gasteiger partial charge in [0.25, 0.3) is 0 Å². The van der Waals surface area contributed by atoms with E-state index in [0.717, 1.165) is 24.2 Å². The zero-order valence-corrected chi connectivity index (χ0v) is 11.0. The first-order valence-electron chi connectivity index (χ1n) is 6.47. The van der Waals surface area contributed by atoms with Crippen LogP contribution < -0.4 is 10.6 Å². The van der Waals surface area contributed by atoms with Crippen molar-refractivity contribution in [2.45, 2.75) is 25.7 Å². The fraction of sp³-hybridized carbons (Fsp3) is 0.667. The van der Waals surface area contributed by atoms with Crippen LogP contribution in [0.15, 0.2) is 0 Å². The number of carboxylic acids is 1. The maximum Gasteiger partial charge on any atom is 0.318 e. The molecule has 1 saturated carbocycles. The van der Waals surface area contributed by atoms with Crippen molar-refractivity contribution >= 4 is 23.8 Å². The molecule has 0 atom stereocenters. The molecule has 3 N–H and O–H groups in total. The highest BCUT2D eigenvalue weighted by Crippen LogP contribution is 2.43. The summed E-state index contributed by atoms with van der Waals surface area (Å²) in [6.45, 7) is -0.0720. The minimum Gasteiger partial charge on any atom is -0.481 e. The second-order valence-electron chi connectivity index (χ2n) is 5.41. The van der Waals surface area contributed by atoms with E-state index in [4.69, 9.17) is 5.11 Å². The van der Waals surface area contributed by atoms with Gasteiger partial charge in [0.15, 0.2) is 0 Å². The lowest BCUT2D eigenvalue weighted by Crippen LogP contribution is -2.57. The fourth-order valence-electron chi connectivity index (χ4n) is 2.57. The number of hydrogen-bond acceptors (Lipinski definition) is 4. The maximum atomic E-state index is 11.9. The van der Waals surface area contributed by atoms with E-state index < -0.39 is 23.8 Å². The number of hydrogen-bond donors (Lipinski definition) is 3. The van der Waals surface area contributed by atoms with Crippen LogP contribution in [0.2, 0.25) is 0 Å². The summed E-state index contributed by atoms with van der Waals surface area (Å²) in [6, 6.07) is -0.509. The van der Waals surface area contributed by atoms with Gasteiger partial charge >= 0.3 is 12.0 Å². The van der Waals surface area contributed by atoms with E-state index in [9.17, 15) is 19.2 Å². The molecule has 110 valence electrons. The van der Waals surface area contributed by atoms with E-state index in [0.29, 0.717) is 0 Å². The summed E-state index contributed by atoms with van der Waals surface area (Å²) < 4.78 is 0. The number of carbonyl (C=O) groups is 4. The number of carboxylic acid groups (broad SMARTS) is 1. The first kappa shape index (κ1) is 14.3. The molecule has 8 nitrogen and oxygen atoms in total. The van der Waals surface area contributed by atoms with Crippen LogP contribution >= 0.6 is 0 Å². The number of rotatable bonds is 4. The van der Waals surface area contributed by atoms with Crippen molar-refractivity contribution in [3.05, 3.63) is 0 Å². The van der Waals surface area contributed by atoms with E-state index in [1.165, 1.54) is 0 Å². The molecular weight excluding hydrogens is 266 g/mol. The normalized spacial score (nSPS) is 20.9. The van der Waals surface area contributed by atoms with Gasteiger partial charge in [-0.2, -0.15) is 0 Å². The molecule has 1 aliphatic heterocycles. The van der Waals surface area contributed by atoms with Gasteiger partial charge in [-0.15, -0.1) is 0 Å². The second-order valence-corrected chi connectivity index (χ2v) is 5.41. The van der Waals surface area contributed by atoms with E-state index >= 15 is 0 Å². The third-order valence-corrected chi connectivity index (χ3v) is 3.79. The molecule has 1 aliphatic carbocycles. The minimum absolute atomic E-state index is 0.0205. The number of aliphatic carboxylic acids is 1. The van der Waals surface area contributed by atoms with Crippen LogP contribution in [-0.2, 0) is 14.4 Å². The lowest BCUT2D eigenvalue weighted by molar-refractivity contribution is -0.141. The molecular formula is C12H17N3O5. The first-order chi connectivity index (χ1) is 9.40. The Morgan fingerprint density at radius 2 is 1.85 bits per heavy atom. The molecule has 4 amide bonds. The van der Waals surface area contributed by atoms with Crippen LogP contribution in [0.3, 0.4) is 0 Å². The Morgan fingerprint density at radius 1 is 1.25 bits per heavy atom. The second kappa shape index (κ2) is 5.48. The van der Waals surface area contributed by atoms with E-state index in [-0.39, 0.29) is 31.5 Å². The third-order valence-electron chi connectivity index (χ3n) is 3.79. The van der Waals surface area contributed by atoms with Crippen molar-refractivity contribution in [1.82, 2.24) is 15.5 Å². The van der Waals surface area contributed by atoms with E-state index in [1.807, 2.05) is 0 Å². The molecule has 0 spiro atoms. The van der Waals surface area contributed by atoms with Gasteiger partial charge in [-0.3, -0.25) is 19.7 Å². The monoisotopic (exact) mass is 283 g/mol. The summed E-state index contributed by atoms with van der Waals surface area (Å²) >= 11 is 0. The fourth-order valence-corrected chi connectivity index (χ4v) is 2.57. The number of piperazine rings is 1. The molecule has 2 fully saturated rings. The van der Waals surface area contributed by atoms with Crippen LogP contribution in [0.5, 0.6) is 0 Å². The Hall–Kier alpha value is -2.12. The average molecular weight is 283 g/mol. The largest absolute Gasteiger partial charge is 0.481 e. The van der Waals surface area contributed by atoms with Gasteiger partial charge in [-0.1, -0.05) is 6.42 Å². The number of carbonyl (C=O) groups excluding carboxylic acids is 3. The van der Waals surface area contributed by atoms with Gasteiger partial charge in [-0.05, 0) is 18.3 Å². The van der Waals surface area contributed by atoms with Gasteiger partial charge in [-0.25, -0.2) is 4.79 Å². The summed E-state index contributed by atoms with van der Waals surface area (Å²) in [6.07, 6.45) is 2.50. The molecule has 1 heterocycles. The SMILES string of the molecule is O=C(O)CC1(CNC(=O)N2CC(=O)NC(=O)C2)CCC1. The van der Waals surface area contributed by atoms with Crippen molar-refractivity contribution in [3.63, 3.8) is 0 Å². The minimum atomic E-state index is -0.883. The Kier molecular flexibility index (Phi) is 3.91. The van der Waals surface area contributed by atoms with Gasteiger partial charge in [0.1, 0.15) is 13.1 Å². The standard InChI is InChI=1S/C12H17N3O5/c16-8-5-15(6-9(17)14-8)11(20)13-7-12(2-1-3-12)4-10(18)19/h1-7H2,(H,13,20)(H,18,19)(H,14,16,17). The van der Waals surface area contributed by atoms with Gasteiger partial charge < -0.3 is 15.3 Å². The predicted octanol–water partition coefficient (Wildman–Crippen LogP) is -0.701. The Morgan fingerprint density at radius 3 is 2.30 bits per heavy atom. The molecule has 0 aromatic carbocycles. The first-order valence-corrected chi connectivity index (χ1v) is 6.47. The quantitative estimate of drug-likeness (QED) is 0.590. The topological polar surface area (TPSA) is 116 Å². The maximum absolute atomic E-state index is 11.9. The summed E-state index contributed by atoms with van der Waals surface area (Å²) in [7, 11) is 0. The smallest absolute Gasteiger partial charge is 0.318 e. The van der Waals surface area contributed by atoms with Crippen LogP contribution in [0.1, 0.15) is 25.7 Å². The third kappa shape index (κ3) is 3.25. The van der Waals surface area contributed by atoms with Crippen LogP contribution in [-0.4, -0.2) is 53.5 Å². The summed E-state index contributed by atoms with van der Waals surface area (Å²) in [5, 5.41) is 13.6. The zero-order chi connectivity index (χ0) is 14.8. The predicted molar refractivity (Wildman–Crippen MR) is 66.7 cm³/mol. The average Bonchev–Trinajstić information content (AvgIpc) is 2.30. The number of imide groups is 1. The molecule has 1 saturated heterocycles. The molecule has 0 aromatic rings. The van der Waals surface area contributed by atoms with E-state index in [2.05, 4.69) is 10.6 Å². The molecule has 0 aromatic heterocycles. The van der Waals surface area contributed by atoms with Crippen molar-refractivity contribution in [1.29, 1.82) is 0 Å². The highest BCUT2D eigenvalue weighted by atomic mass is 16.4. The molecule has 2 rings (SSSR count). The molecule has 8 heteroatoms.